The van der Waals surface area contributed by atoms with Crippen molar-refractivity contribution in [3.63, 3.8) is 0 Å². The van der Waals surface area contributed by atoms with Gasteiger partial charge in [0.2, 0.25) is 0 Å². The van der Waals surface area contributed by atoms with Crippen molar-refractivity contribution in [2.75, 3.05) is 33.0 Å². The molecule has 0 saturated carbocycles. The minimum atomic E-state index is 0.0353. The maximum Gasteiger partial charge on any atom is 0.104 e. The average Bonchev–Trinajstić information content (AvgIpc) is 3.23. The molecule has 0 aliphatic rings. The second kappa shape index (κ2) is 44.8. The highest BCUT2D eigenvalue weighted by Crippen LogP contribution is 2.26. The van der Waals surface area contributed by atoms with Gasteiger partial charge in [-0.1, -0.05) is 277 Å². The molecule has 0 N–H and O–H groups in total. The fourth-order valence-corrected chi connectivity index (χ4v) is 10.4. The van der Waals surface area contributed by atoms with Gasteiger partial charge in [0.15, 0.2) is 0 Å². The molecule has 9 atom stereocenters. The maximum atomic E-state index is 6.55. The van der Waals surface area contributed by atoms with Gasteiger partial charge in [0.05, 0.1) is 13.2 Å². The Kier molecular flexibility index (Phi) is 44.7. The lowest BCUT2D eigenvalue weighted by Gasteiger charge is -2.21. The Balaban J connectivity index is 4.61. The summed E-state index contributed by atoms with van der Waals surface area (Å²) in [5, 5.41) is 0. The minimum absolute atomic E-state index is 0.0353. The van der Waals surface area contributed by atoms with Gasteiger partial charge in [-0.15, -0.1) is 0 Å². The number of ether oxygens (including phenoxy) is 3. The Morgan fingerprint density at radius 3 is 0.606 bits per heavy atom. The number of hydrogen-bond donors (Lipinski definition) is 0. The van der Waals surface area contributed by atoms with Crippen molar-refractivity contribution in [3.8, 4) is 0 Å². The third-order valence-corrected chi connectivity index (χ3v) is 15.9. The predicted octanol–water partition coefficient (Wildman–Crippen LogP) is 20.8. The van der Waals surface area contributed by atoms with Crippen LogP contribution < -0.4 is 0 Å². The molecule has 66 heavy (non-hydrogen) atoms. The van der Waals surface area contributed by atoms with Crippen LogP contribution in [0.5, 0.6) is 0 Å². The predicted molar refractivity (Wildman–Crippen MR) is 297 cm³/mol. The fraction of sp³-hybridized carbons (Fsp3) is 1.00. The zero-order valence-electron chi connectivity index (χ0n) is 48.5. The highest BCUT2D eigenvalue weighted by atomic mass is 16.6. The number of rotatable bonds is 50. The summed E-state index contributed by atoms with van der Waals surface area (Å²) in [6.07, 6.45) is 41.0. The summed E-state index contributed by atoms with van der Waals surface area (Å²) < 4.78 is 19.3. The molecular formula is C63H128O3. The normalized spacial score (nSPS) is 17.0. The minimum Gasteiger partial charge on any atom is -0.379 e. The lowest BCUT2D eigenvalue weighted by molar-refractivity contribution is -0.0650. The Morgan fingerprint density at radius 1 is 0.212 bits per heavy atom. The van der Waals surface area contributed by atoms with Gasteiger partial charge in [-0.3, -0.25) is 0 Å². The van der Waals surface area contributed by atoms with E-state index in [4.69, 9.17) is 14.2 Å². The Hall–Kier alpha value is -0.120. The molecule has 0 aromatic rings. The largest absolute Gasteiger partial charge is 0.379 e. The third kappa shape index (κ3) is 46.3. The standard InChI is InChI=1S/C63H128O3/c1-51(2)25-16-28-54(7)31-19-34-57(10)37-22-40-60(13)43-46-64-49-63(66-48-45-62(15)42-24-39-59(12)36-21-33-56(9)30-18-27-53(5)6)50-65-47-44-61(14)41-23-38-58(11)35-20-32-55(8)29-17-26-52(3)4/h51-63H,16-50H2,1-15H3. The first kappa shape index (κ1) is 65.9. The molecule has 0 spiro atoms. The van der Waals surface area contributed by atoms with Gasteiger partial charge in [0.1, 0.15) is 6.10 Å². The van der Waals surface area contributed by atoms with Crippen LogP contribution >= 0.6 is 0 Å². The summed E-state index contributed by atoms with van der Waals surface area (Å²) in [5.41, 5.74) is 0. The Bertz CT molecular complexity index is 925. The zero-order valence-corrected chi connectivity index (χ0v) is 48.5. The third-order valence-electron chi connectivity index (χ3n) is 15.9. The molecule has 0 rings (SSSR count). The maximum absolute atomic E-state index is 6.55. The lowest BCUT2D eigenvalue weighted by atomic mass is 9.91. The van der Waals surface area contributed by atoms with E-state index in [1.54, 1.807) is 0 Å². The molecule has 3 nitrogen and oxygen atoms in total. The molecule has 0 heterocycles. The van der Waals surface area contributed by atoms with Gasteiger partial charge in [0, 0.05) is 19.8 Å². The molecule has 0 radical (unpaired) electrons. The van der Waals surface area contributed by atoms with Crippen LogP contribution in [0.2, 0.25) is 0 Å². The van der Waals surface area contributed by atoms with Crippen molar-refractivity contribution in [1.29, 1.82) is 0 Å². The van der Waals surface area contributed by atoms with Crippen LogP contribution in [-0.4, -0.2) is 39.1 Å². The van der Waals surface area contributed by atoms with Crippen LogP contribution in [-0.2, 0) is 14.2 Å². The van der Waals surface area contributed by atoms with Crippen LogP contribution in [0.15, 0.2) is 0 Å². The first-order valence-electron chi connectivity index (χ1n) is 30.2. The number of hydrogen-bond acceptors (Lipinski definition) is 3. The smallest absolute Gasteiger partial charge is 0.104 e. The van der Waals surface area contributed by atoms with E-state index in [1.165, 1.54) is 173 Å². The van der Waals surface area contributed by atoms with Crippen molar-refractivity contribution >= 4 is 0 Å². The van der Waals surface area contributed by atoms with Crippen molar-refractivity contribution in [3.05, 3.63) is 0 Å². The van der Waals surface area contributed by atoms with E-state index in [2.05, 4.69) is 104 Å². The monoisotopic (exact) mass is 933 g/mol. The highest BCUT2D eigenvalue weighted by molar-refractivity contribution is 4.66. The quantitative estimate of drug-likeness (QED) is 0.0569. The summed E-state index contributed by atoms with van der Waals surface area (Å²) in [6, 6.07) is 0. The van der Waals surface area contributed by atoms with Crippen LogP contribution in [0.4, 0.5) is 0 Å². The fourth-order valence-electron chi connectivity index (χ4n) is 10.4. The Morgan fingerprint density at radius 2 is 0.394 bits per heavy atom. The van der Waals surface area contributed by atoms with Gasteiger partial charge < -0.3 is 14.2 Å². The van der Waals surface area contributed by atoms with Gasteiger partial charge in [-0.2, -0.15) is 0 Å². The van der Waals surface area contributed by atoms with Gasteiger partial charge in [0.25, 0.3) is 0 Å². The first-order valence-corrected chi connectivity index (χ1v) is 30.2. The van der Waals surface area contributed by atoms with Gasteiger partial charge >= 0.3 is 0 Å². The average molecular weight is 934 g/mol. The molecule has 3 heteroatoms. The second-order valence-corrected chi connectivity index (χ2v) is 25.5. The van der Waals surface area contributed by atoms with E-state index in [-0.39, 0.29) is 6.10 Å². The highest BCUT2D eigenvalue weighted by Gasteiger charge is 2.15. The summed E-state index contributed by atoms with van der Waals surface area (Å²) in [5.74, 6) is 9.96. The van der Waals surface area contributed by atoms with E-state index in [1.807, 2.05) is 0 Å². The molecule has 0 aromatic heterocycles. The zero-order chi connectivity index (χ0) is 49.4. The first-order chi connectivity index (χ1) is 31.5. The van der Waals surface area contributed by atoms with Crippen molar-refractivity contribution in [2.24, 2.45) is 71.0 Å². The summed E-state index contributed by atoms with van der Waals surface area (Å²) in [4.78, 5) is 0. The van der Waals surface area contributed by atoms with E-state index >= 15 is 0 Å². The summed E-state index contributed by atoms with van der Waals surface area (Å²) in [7, 11) is 0. The molecule has 0 aliphatic carbocycles. The van der Waals surface area contributed by atoms with Crippen LogP contribution in [0.1, 0.15) is 296 Å². The molecule has 0 amide bonds. The van der Waals surface area contributed by atoms with Gasteiger partial charge in [-0.25, -0.2) is 0 Å². The summed E-state index contributed by atoms with van der Waals surface area (Å²) >= 11 is 0. The van der Waals surface area contributed by atoms with Gasteiger partial charge in [-0.05, 0) is 90.3 Å². The molecule has 9 unspecified atom stereocenters. The molecule has 398 valence electrons. The van der Waals surface area contributed by atoms with E-state index in [0.717, 1.165) is 104 Å². The van der Waals surface area contributed by atoms with Crippen molar-refractivity contribution in [1.82, 2.24) is 0 Å². The topological polar surface area (TPSA) is 27.7 Å². The molecule has 0 bridgehead atoms. The molecule has 0 saturated heterocycles. The molecule has 0 aromatic carbocycles. The molecule has 0 fully saturated rings. The summed E-state index contributed by atoms with van der Waals surface area (Å²) in [6.45, 7) is 40.1. The van der Waals surface area contributed by atoms with Crippen LogP contribution in [0.3, 0.4) is 0 Å². The van der Waals surface area contributed by atoms with Crippen molar-refractivity contribution in [2.45, 2.75) is 303 Å². The van der Waals surface area contributed by atoms with E-state index in [0.29, 0.717) is 19.1 Å². The van der Waals surface area contributed by atoms with Crippen LogP contribution in [0.25, 0.3) is 0 Å². The lowest BCUT2D eigenvalue weighted by Crippen LogP contribution is -2.27. The second-order valence-electron chi connectivity index (χ2n) is 25.5. The van der Waals surface area contributed by atoms with Crippen LogP contribution in [0, 0.1) is 71.0 Å². The Labute approximate surface area is 419 Å². The molecular weight excluding hydrogens is 805 g/mol. The van der Waals surface area contributed by atoms with Crippen molar-refractivity contribution < 1.29 is 14.2 Å². The van der Waals surface area contributed by atoms with E-state index < -0.39 is 0 Å². The van der Waals surface area contributed by atoms with E-state index in [9.17, 15) is 0 Å². The SMILES string of the molecule is CC(C)CCCC(C)CCCC(C)CCCC(C)CCOCC(COCCC(C)CCCC(C)CCCC(C)CCCC(C)C)OCCC(C)CCCC(C)CCCC(C)CCCC(C)C. The molecule has 0 aliphatic heterocycles.